The first-order valence-electron chi connectivity index (χ1n) is 18.3. The van der Waals surface area contributed by atoms with Gasteiger partial charge >= 0.3 is 36.4 Å². The summed E-state index contributed by atoms with van der Waals surface area (Å²) in [6, 6.07) is 7.59. The van der Waals surface area contributed by atoms with Gasteiger partial charge in [-0.15, -0.1) is 0 Å². The first-order chi connectivity index (χ1) is 30.7. The van der Waals surface area contributed by atoms with Crippen molar-refractivity contribution in [2.45, 2.75) is 19.8 Å². The van der Waals surface area contributed by atoms with E-state index >= 15 is 0 Å². The molecule has 0 radical (unpaired) electrons. The fourth-order valence-electron chi connectivity index (χ4n) is 5.50. The van der Waals surface area contributed by atoms with Crippen molar-refractivity contribution in [3.8, 4) is 51.7 Å². The van der Waals surface area contributed by atoms with Crippen LogP contribution in [0.15, 0.2) is 36.4 Å². The summed E-state index contributed by atoms with van der Waals surface area (Å²) >= 11 is 0. The molecule has 0 heterocycles. The summed E-state index contributed by atoms with van der Waals surface area (Å²) in [6.07, 6.45) is -4.56. The largest absolute Gasteiger partial charge is 0.549 e. The molecule has 0 amide bonds. The maximum Gasteiger partial charge on any atom is 0.549 e. The van der Waals surface area contributed by atoms with Crippen LogP contribution < -0.4 is 42.6 Å². The first-order valence-corrected chi connectivity index (χ1v) is 18.3. The molecule has 0 aromatic heterocycles. The smallest absolute Gasteiger partial charge is 0.496 e. The molecule has 0 spiro atoms. The summed E-state index contributed by atoms with van der Waals surface area (Å²) < 4.78 is 62.2. The molecular formula is C40H46O24. The third-order valence-corrected chi connectivity index (χ3v) is 8.60. The van der Waals surface area contributed by atoms with Crippen molar-refractivity contribution >= 4 is 36.4 Å². The minimum Gasteiger partial charge on any atom is -0.496 e. The van der Waals surface area contributed by atoms with E-state index in [0.29, 0.717) is 0 Å². The molecule has 0 N–H and O–H groups in total. The van der Waals surface area contributed by atoms with Crippen LogP contribution in [-0.2, 0) is 43.5 Å². The molecular weight excluding hydrogens is 864 g/mol. The van der Waals surface area contributed by atoms with Crippen molar-refractivity contribution in [3.63, 3.8) is 0 Å². The second kappa shape index (κ2) is 24.5. The van der Waals surface area contributed by atoms with Gasteiger partial charge in [-0.1, -0.05) is 13.3 Å². The summed E-state index contributed by atoms with van der Waals surface area (Å²) in [5.41, 5.74) is -2.37. The van der Waals surface area contributed by atoms with Crippen molar-refractivity contribution in [1.29, 1.82) is 0 Å². The minimum absolute atomic E-state index is 0.0308. The van der Waals surface area contributed by atoms with Gasteiger partial charge in [0.15, 0.2) is 34.5 Å². The summed E-state index contributed by atoms with van der Waals surface area (Å²) in [7, 11) is 11.8. The van der Waals surface area contributed by atoms with Crippen LogP contribution in [-0.4, -0.2) is 120 Å². The summed E-state index contributed by atoms with van der Waals surface area (Å²) in [5.74, 6) is -2.74. The predicted octanol–water partition coefficient (Wildman–Crippen LogP) is 5.63. The number of carbonyl (C=O) groups is 6. The van der Waals surface area contributed by atoms with Crippen LogP contribution in [0.1, 0.15) is 50.8 Å². The van der Waals surface area contributed by atoms with Crippen molar-refractivity contribution < 1.29 is 115 Å². The minimum atomic E-state index is -1.67. The van der Waals surface area contributed by atoms with Gasteiger partial charge in [0.2, 0.25) is 0 Å². The number of hydrogen-bond donors (Lipinski definition) is 0. The molecule has 3 rings (SSSR count). The predicted molar refractivity (Wildman–Crippen MR) is 209 cm³/mol. The SMILES string of the molecule is CCCC(COC(=O)OOC(=O)c1cc(OC)c(OC)cc1OC)(COC(=O)OOC(=O)c1cc(OC)c(OC)cc1OC)COC(=O)OOC(=O)c1cc(OC)c(OC)cc1OC. The number of methoxy groups -OCH3 is 9. The lowest BCUT2D eigenvalue weighted by atomic mass is 9.86. The molecule has 24 nitrogen and oxygen atoms in total. The monoisotopic (exact) mass is 910 g/mol. The molecule has 0 bridgehead atoms. The Balaban J connectivity index is 1.77. The van der Waals surface area contributed by atoms with Gasteiger partial charge in [-0.3, -0.25) is 0 Å². The lowest BCUT2D eigenvalue weighted by Gasteiger charge is -2.30. The van der Waals surface area contributed by atoms with Crippen LogP contribution in [0.5, 0.6) is 51.7 Å². The van der Waals surface area contributed by atoms with Gasteiger partial charge in [0.1, 0.15) is 53.8 Å². The Bertz CT molecular complexity index is 1880. The molecule has 3 aromatic rings. The Hall–Kier alpha value is -7.92. The van der Waals surface area contributed by atoms with Gasteiger partial charge in [0.25, 0.3) is 0 Å². The molecule has 64 heavy (non-hydrogen) atoms. The number of carbonyl (C=O) groups excluding carboxylic acids is 6. The van der Waals surface area contributed by atoms with E-state index in [2.05, 4.69) is 29.3 Å². The second-order valence-electron chi connectivity index (χ2n) is 12.5. The molecule has 0 aliphatic rings. The topological polar surface area (TPSA) is 269 Å². The molecule has 0 aliphatic heterocycles. The first kappa shape index (κ1) is 50.4. The normalized spacial score (nSPS) is 10.4. The van der Waals surface area contributed by atoms with E-state index in [9.17, 15) is 28.8 Å². The van der Waals surface area contributed by atoms with Crippen molar-refractivity contribution in [2.75, 3.05) is 83.8 Å². The Morgan fingerprint density at radius 2 is 0.594 bits per heavy atom. The molecule has 24 heteroatoms. The van der Waals surface area contributed by atoms with Crippen molar-refractivity contribution in [1.82, 2.24) is 0 Å². The van der Waals surface area contributed by atoms with Crippen LogP contribution >= 0.6 is 0 Å². The van der Waals surface area contributed by atoms with E-state index in [1.807, 2.05) is 0 Å². The molecule has 0 atom stereocenters. The third kappa shape index (κ3) is 13.3. The number of benzene rings is 3. The molecule has 0 saturated carbocycles. The van der Waals surface area contributed by atoms with Crippen LogP contribution in [0, 0.1) is 5.41 Å². The Morgan fingerprint density at radius 1 is 0.359 bits per heavy atom. The van der Waals surface area contributed by atoms with E-state index in [4.69, 9.17) is 56.8 Å². The van der Waals surface area contributed by atoms with Crippen LogP contribution in [0.2, 0.25) is 0 Å². The Kier molecular flexibility index (Phi) is 19.3. The zero-order chi connectivity index (χ0) is 47.4. The highest BCUT2D eigenvalue weighted by Crippen LogP contribution is 2.37. The number of rotatable bonds is 20. The zero-order valence-corrected chi connectivity index (χ0v) is 36.3. The standard InChI is InChI=1S/C40H46O24/c1-11-12-40(19-56-37(44)62-59-34(41)22-13-28(50-5)31(53-8)16-25(22)47-2,20-57-38(45)63-60-35(42)23-14-29(51-6)32(54-9)17-26(23)48-3)21-58-39(46)64-61-36(43)24-15-30(52-7)33(55-10)18-27(24)49-4/h13-18H,11-12,19-21H2,1-10H3. The van der Waals surface area contributed by atoms with Crippen LogP contribution in [0.3, 0.4) is 0 Å². The summed E-state index contributed by atoms with van der Waals surface area (Å²) in [4.78, 5) is 104. The summed E-state index contributed by atoms with van der Waals surface area (Å²) in [6.45, 7) is -0.660. The number of ether oxygens (including phenoxy) is 12. The van der Waals surface area contributed by atoms with E-state index in [0.717, 1.165) is 0 Å². The van der Waals surface area contributed by atoms with Crippen LogP contribution in [0.25, 0.3) is 0 Å². The maximum atomic E-state index is 12.9. The summed E-state index contributed by atoms with van der Waals surface area (Å²) in [5, 5.41) is 0. The lowest BCUT2D eigenvalue weighted by molar-refractivity contribution is -0.217. The maximum absolute atomic E-state index is 12.9. The van der Waals surface area contributed by atoms with Gasteiger partial charge in [-0.25, -0.2) is 43.7 Å². The highest BCUT2D eigenvalue weighted by atomic mass is 17.2. The molecule has 0 fully saturated rings. The van der Waals surface area contributed by atoms with E-state index in [1.165, 1.54) is 100 Å². The second-order valence-corrected chi connectivity index (χ2v) is 12.5. The Labute approximate surface area is 364 Å². The van der Waals surface area contributed by atoms with E-state index < -0.39 is 61.6 Å². The average molecular weight is 911 g/mol. The highest BCUT2D eigenvalue weighted by molar-refractivity contribution is 5.95. The van der Waals surface area contributed by atoms with Gasteiger partial charge in [-0.05, 0) is 6.42 Å². The third-order valence-electron chi connectivity index (χ3n) is 8.60. The zero-order valence-electron chi connectivity index (χ0n) is 36.3. The van der Waals surface area contributed by atoms with Gasteiger partial charge < -0.3 is 56.8 Å². The fraction of sp³-hybridized carbons (Fsp3) is 0.400. The number of hydrogen-bond acceptors (Lipinski definition) is 24. The van der Waals surface area contributed by atoms with Crippen molar-refractivity contribution in [2.24, 2.45) is 5.41 Å². The molecule has 3 aromatic carbocycles. The molecule has 0 aliphatic carbocycles. The molecule has 0 saturated heterocycles. The van der Waals surface area contributed by atoms with Gasteiger partial charge in [0, 0.05) is 36.4 Å². The van der Waals surface area contributed by atoms with E-state index in [-0.39, 0.29) is 81.3 Å². The Morgan fingerprint density at radius 3 is 0.812 bits per heavy atom. The van der Waals surface area contributed by atoms with Gasteiger partial charge in [0.05, 0.1) is 69.4 Å². The van der Waals surface area contributed by atoms with Gasteiger partial charge in [-0.2, -0.15) is 14.4 Å². The quantitative estimate of drug-likeness (QED) is 0.0575. The highest BCUT2D eigenvalue weighted by Gasteiger charge is 2.37. The van der Waals surface area contributed by atoms with Crippen LogP contribution in [0.4, 0.5) is 14.4 Å². The molecule has 350 valence electrons. The average Bonchev–Trinajstić information content (AvgIpc) is 3.32. The lowest BCUT2D eigenvalue weighted by Crippen LogP contribution is -2.40. The fourth-order valence-corrected chi connectivity index (χ4v) is 5.50. The van der Waals surface area contributed by atoms with E-state index in [1.54, 1.807) is 6.92 Å². The van der Waals surface area contributed by atoms with Crippen molar-refractivity contribution in [3.05, 3.63) is 53.1 Å². The molecule has 0 unspecified atom stereocenters.